The van der Waals surface area contributed by atoms with E-state index in [0.717, 1.165) is 11.3 Å². The van der Waals surface area contributed by atoms with Gasteiger partial charge in [-0.1, -0.05) is 12.1 Å². The second-order valence-electron chi connectivity index (χ2n) is 7.12. The molecule has 0 aromatic heterocycles. The number of amides is 3. The van der Waals surface area contributed by atoms with Crippen molar-refractivity contribution in [1.29, 1.82) is 0 Å². The number of carbonyl (C=O) groups is 2. The highest BCUT2D eigenvalue weighted by Gasteiger charge is 2.19. The summed E-state index contributed by atoms with van der Waals surface area (Å²) in [4.78, 5) is 23.8. The van der Waals surface area contributed by atoms with Crippen molar-refractivity contribution >= 4 is 17.6 Å². The molecular formula is C18H29N3O3. The third kappa shape index (κ3) is 7.97. The van der Waals surface area contributed by atoms with Crippen molar-refractivity contribution in [3.63, 3.8) is 0 Å². The summed E-state index contributed by atoms with van der Waals surface area (Å²) in [6, 6.07) is 6.63. The first-order valence-corrected chi connectivity index (χ1v) is 8.17. The molecule has 0 bridgehead atoms. The van der Waals surface area contributed by atoms with Crippen LogP contribution in [0.1, 0.15) is 47.1 Å². The van der Waals surface area contributed by atoms with E-state index in [1.54, 1.807) is 6.92 Å². The number of rotatable bonds is 6. The van der Waals surface area contributed by atoms with Gasteiger partial charge in [0.25, 0.3) is 0 Å². The van der Waals surface area contributed by atoms with E-state index in [9.17, 15) is 9.59 Å². The second-order valence-corrected chi connectivity index (χ2v) is 7.12. The Morgan fingerprint density at radius 1 is 1.17 bits per heavy atom. The molecule has 3 amide bonds. The zero-order valence-electron chi connectivity index (χ0n) is 15.4. The normalized spacial score (nSPS) is 12.6. The smallest absolute Gasteiger partial charge is 0.321 e. The van der Waals surface area contributed by atoms with Gasteiger partial charge in [0.1, 0.15) is 6.04 Å². The van der Waals surface area contributed by atoms with E-state index >= 15 is 0 Å². The summed E-state index contributed by atoms with van der Waals surface area (Å²) in [5.74, 6) is -0.388. The number of hydrogen-bond donors (Lipinski definition) is 3. The molecule has 0 unspecified atom stereocenters. The van der Waals surface area contributed by atoms with Gasteiger partial charge in [0, 0.05) is 11.2 Å². The molecule has 0 aliphatic heterocycles. The minimum Gasteiger partial charge on any atom is -0.374 e. The van der Waals surface area contributed by atoms with Gasteiger partial charge in [-0.2, -0.15) is 0 Å². The summed E-state index contributed by atoms with van der Waals surface area (Å²) >= 11 is 0. The molecule has 1 aromatic carbocycles. The van der Waals surface area contributed by atoms with Crippen molar-refractivity contribution in [2.75, 3.05) is 5.32 Å². The molecule has 1 atom stereocenters. The van der Waals surface area contributed by atoms with E-state index < -0.39 is 17.6 Å². The lowest BCUT2D eigenvalue weighted by atomic mass is 10.1. The molecular weight excluding hydrogens is 306 g/mol. The number of nitrogens with one attached hydrogen (secondary N) is 3. The molecule has 6 heteroatoms. The fraction of sp³-hybridized carbons (Fsp3) is 0.556. The van der Waals surface area contributed by atoms with E-state index in [1.807, 2.05) is 58.9 Å². The summed E-state index contributed by atoms with van der Waals surface area (Å²) < 4.78 is 5.57. The van der Waals surface area contributed by atoms with Gasteiger partial charge >= 0.3 is 6.03 Å². The van der Waals surface area contributed by atoms with Gasteiger partial charge in [-0.3, -0.25) is 10.1 Å². The highest BCUT2D eigenvalue weighted by Crippen LogP contribution is 2.13. The maximum atomic E-state index is 12.1. The lowest BCUT2D eigenvalue weighted by molar-refractivity contribution is -0.120. The average molecular weight is 335 g/mol. The van der Waals surface area contributed by atoms with Crippen LogP contribution >= 0.6 is 0 Å². The van der Waals surface area contributed by atoms with Crippen LogP contribution < -0.4 is 16.0 Å². The second kappa shape index (κ2) is 8.68. The zero-order chi connectivity index (χ0) is 18.3. The number of hydrogen-bond acceptors (Lipinski definition) is 4. The number of ether oxygens (including phenoxy) is 1. The molecule has 24 heavy (non-hydrogen) atoms. The van der Waals surface area contributed by atoms with Gasteiger partial charge in [0.05, 0.1) is 12.7 Å². The number of urea groups is 1. The van der Waals surface area contributed by atoms with E-state index in [4.69, 9.17) is 4.74 Å². The minimum atomic E-state index is -0.544. The van der Waals surface area contributed by atoms with Crippen molar-refractivity contribution < 1.29 is 14.3 Å². The van der Waals surface area contributed by atoms with E-state index in [1.165, 1.54) is 0 Å². The minimum absolute atomic E-state index is 0.160. The predicted octanol–water partition coefficient (Wildman–Crippen LogP) is 3.04. The predicted molar refractivity (Wildman–Crippen MR) is 95.9 cm³/mol. The first-order valence-electron chi connectivity index (χ1n) is 8.17. The van der Waals surface area contributed by atoms with Crippen molar-refractivity contribution in [2.24, 2.45) is 0 Å². The molecule has 0 heterocycles. The largest absolute Gasteiger partial charge is 0.374 e. The quantitative estimate of drug-likeness (QED) is 0.746. The van der Waals surface area contributed by atoms with Crippen LogP contribution in [0.2, 0.25) is 0 Å². The number of carbonyl (C=O) groups excluding carboxylic acids is 2. The molecule has 6 nitrogen and oxygen atoms in total. The molecule has 0 aliphatic rings. The van der Waals surface area contributed by atoms with Crippen LogP contribution in [0.4, 0.5) is 10.5 Å². The van der Waals surface area contributed by atoms with Crippen LogP contribution in [-0.4, -0.2) is 29.6 Å². The molecule has 3 N–H and O–H groups in total. The fourth-order valence-corrected chi connectivity index (χ4v) is 1.92. The van der Waals surface area contributed by atoms with Gasteiger partial charge in [0.15, 0.2) is 0 Å². The summed E-state index contributed by atoms with van der Waals surface area (Å²) in [6.45, 7) is 11.7. The van der Waals surface area contributed by atoms with Gasteiger partial charge in [-0.05, 0) is 59.2 Å². The summed E-state index contributed by atoms with van der Waals surface area (Å²) in [5.41, 5.74) is 1.43. The summed E-state index contributed by atoms with van der Waals surface area (Å²) in [5, 5.41) is 8.12. The first-order chi connectivity index (χ1) is 11.1. The monoisotopic (exact) mass is 335 g/mol. The van der Waals surface area contributed by atoms with E-state index in [0.29, 0.717) is 6.61 Å². The maximum Gasteiger partial charge on any atom is 0.321 e. The van der Waals surface area contributed by atoms with Gasteiger partial charge < -0.3 is 15.4 Å². The molecule has 0 spiro atoms. The van der Waals surface area contributed by atoms with Crippen LogP contribution in [0.15, 0.2) is 24.3 Å². The Bertz CT molecular complexity index is 565. The SMILES string of the molecule is CC(C)OCc1cccc(N[C@@H](C)C(=O)NC(=O)NC(C)(C)C)c1. The summed E-state index contributed by atoms with van der Waals surface area (Å²) in [7, 11) is 0. The average Bonchev–Trinajstić information content (AvgIpc) is 2.43. The lowest BCUT2D eigenvalue weighted by Gasteiger charge is -2.21. The van der Waals surface area contributed by atoms with Crippen molar-refractivity contribution in [2.45, 2.75) is 65.8 Å². The van der Waals surface area contributed by atoms with Crippen molar-refractivity contribution in [3.05, 3.63) is 29.8 Å². The molecule has 134 valence electrons. The van der Waals surface area contributed by atoms with Crippen LogP contribution in [0.5, 0.6) is 0 Å². The lowest BCUT2D eigenvalue weighted by Crippen LogP contribution is -2.51. The molecule has 0 saturated carbocycles. The maximum absolute atomic E-state index is 12.1. The third-order valence-electron chi connectivity index (χ3n) is 3.01. The topological polar surface area (TPSA) is 79.5 Å². The Morgan fingerprint density at radius 3 is 2.42 bits per heavy atom. The standard InChI is InChI=1S/C18H29N3O3/c1-12(2)24-11-14-8-7-9-15(10-14)19-13(3)16(22)20-17(23)21-18(4,5)6/h7-10,12-13,19H,11H2,1-6H3,(H2,20,21,22,23)/t13-/m0/s1. The van der Waals surface area contributed by atoms with Crippen LogP contribution in [-0.2, 0) is 16.1 Å². The molecule has 1 aromatic rings. The highest BCUT2D eigenvalue weighted by molar-refractivity contribution is 5.98. The Kier molecular flexibility index (Phi) is 7.22. The van der Waals surface area contributed by atoms with Gasteiger partial charge in [0.2, 0.25) is 5.91 Å². The molecule has 0 aliphatic carbocycles. The van der Waals surface area contributed by atoms with E-state index in [2.05, 4.69) is 16.0 Å². The number of imide groups is 1. The van der Waals surface area contributed by atoms with Crippen LogP contribution in [0.3, 0.4) is 0 Å². The van der Waals surface area contributed by atoms with E-state index in [-0.39, 0.29) is 12.0 Å². The molecule has 0 fully saturated rings. The van der Waals surface area contributed by atoms with Gasteiger partial charge in [-0.15, -0.1) is 0 Å². The first kappa shape index (κ1) is 20.0. The summed E-state index contributed by atoms with van der Waals surface area (Å²) in [6.07, 6.45) is 0.160. The molecule has 1 rings (SSSR count). The number of benzene rings is 1. The Morgan fingerprint density at radius 2 is 1.83 bits per heavy atom. The van der Waals surface area contributed by atoms with Crippen LogP contribution in [0, 0.1) is 0 Å². The zero-order valence-corrected chi connectivity index (χ0v) is 15.4. The molecule has 0 saturated heterocycles. The highest BCUT2D eigenvalue weighted by atomic mass is 16.5. The third-order valence-corrected chi connectivity index (χ3v) is 3.01. The Labute approximate surface area is 144 Å². The Hall–Kier alpha value is -2.08. The van der Waals surface area contributed by atoms with Gasteiger partial charge in [-0.25, -0.2) is 4.79 Å². The fourth-order valence-electron chi connectivity index (χ4n) is 1.92. The van der Waals surface area contributed by atoms with Crippen LogP contribution in [0.25, 0.3) is 0 Å². The van der Waals surface area contributed by atoms with Crippen molar-refractivity contribution in [1.82, 2.24) is 10.6 Å². The van der Waals surface area contributed by atoms with Crippen molar-refractivity contribution in [3.8, 4) is 0 Å². The molecule has 0 radical (unpaired) electrons. The number of anilines is 1. The Balaban J connectivity index is 2.57.